The van der Waals surface area contributed by atoms with Crippen molar-refractivity contribution in [3.05, 3.63) is 35.9 Å². The van der Waals surface area contributed by atoms with E-state index in [2.05, 4.69) is 10.6 Å². The van der Waals surface area contributed by atoms with Crippen LogP contribution in [0.5, 0.6) is 0 Å². The minimum absolute atomic E-state index is 0.0399. The minimum atomic E-state index is -0.829. The maximum absolute atomic E-state index is 12.5. The molecule has 0 aromatic heterocycles. The highest BCUT2D eigenvalue weighted by Crippen LogP contribution is 2.09. The standard InChI is InChI=1S/C21H30N2O5/c1-15(24)10-11-17(25)12-13-22-19(26)18(14-16-8-6-5-7-9-16)23-20(27)28-21(2,3)4/h5-9,18H,10-14H2,1-4H3,(H,22,26)(H,23,27)/t18-/m0/s1. The average molecular weight is 390 g/mol. The molecule has 0 spiro atoms. The lowest BCUT2D eigenvalue weighted by atomic mass is 10.1. The van der Waals surface area contributed by atoms with Crippen molar-refractivity contribution in [2.75, 3.05) is 6.54 Å². The molecule has 0 unspecified atom stereocenters. The van der Waals surface area contributed by atoms with Crippen LogP contribution in [-0.4, -0.2) is 41.8 Å². The minimum Gasteiger partial charge on any atom is -0.444 e. The van der Waals surface area contributed by atoms with E-state index >= 15 is 0 Å². The summed E-state index contributed by atoms with van der Waals surface area (Å²) in [5.74, 6) is -0.522. The number of hydrogen-bond acceptors (Lipinski definition) is 5. The molecule has 28 heavy (non-hydrogen) atoms. The van der Waals surface area contributed by atoms with Gasteiger partial charge in [-0.25, -0.2) is 4.79 Å². The van der Waals surface area contributed by atoms with E-state index in [1.165, 1.54) is 6.92 Å². The lowest BCUT2D eigenvalue weighted by molar-refractivity contribution is -0.124. The summed E-state index contributed by atoms with van der Waals surface area (Å²) >= 11 is 0. The molecule has 0 aliphatic heterocycles. The van der Waals surface area contributed by atoms with Crippen LogP contribution in [0.15, 0.2) is 30.3 Å². The van der Waals surface area contributed by atoms with E-state index < -0.39 is 23.6 Å². The Morgan fingerprint density at radius 1 is 1.00 bits per heavy atom. The van der Waals surface area contributed by atoms with Crippen LogP contribution in [0.4, 0.5) is 4.79 Å². The summed E-state index contributed by atoms with van der Waals surface area (Å²) in [6.07, 6.45) is 0.146. The Kier molecular flexibility index (Phi) is 9.35. The number of nitrogens with one attached hydrogen (secondary N) is 2. The van der Waals surface area contributed by atoms with E-state index in [-0.39, 0.29) is 37.4 Å². The fourth-order valence-corrected chi connectivity index (χ4v) is 2.40. The van der Waals surface area contributed by atoms with Gasteiger partial charge in [0.05, 0.1) is 0 Å². The van der Waals surface area contributed by atoms with Crippen molar-refractivity contribution in [2.45, 2.75) is 65.0 Å². The monoisotopic (exact) mass is 390 g/mol. The van der Waals surface area contributed by atoms with Gasteiger partial charge >= 0.3 is 6.09 Å². The van der Waals surface area contributed by atoms with E-state index in [1.807, 2.05) is 30.3 Å². The molecule has 7 heteroatoms. The predicted octanol–water partition coefficient (Wildman–Crippen LogP) is 2.57. The third-order valence-corrected chi connectivity index (χ3v) is 3.75. The molecule has 2 N–H and O–H groups in total. The first-order valence-electron chi connectivity index (χ1n) is 9.39. The molecule has 1 rings (SSSR count). The third kappa shape index (κ3) is 10.4. The Labute approximate surface area is 166 Å². The molecule has 154 valence electrons. The van der Waals surface area contributed by atoms with Crippen LogP contribution in [0.25, 0.3) is 0 Å². The van der Waals surface area contributed by atoms with Crippen molar-refractivity contribution in [1.29, 1.82) is 0 Å². The summed E-state index contributed by atoms with van der Waals surface area (Å²) in [6.45, 7) is 6.81. The second-order valence-electron chi connectivity index (χ2n) is 7.67. The predicted molar refractivity (Wildman–Crippen MR) is 106 cm³/mol. The molecule has 0 radical (unpaired) electrons. The third-order valence-electron chi connectivity index (χ3n) is 3.75. The Balaban J connectivity index is 2.64. The Morgan fingerprint density at radius 3 is 2.21 bits per heavy atom. The van der Waals surface area contributed by atoms with Crippen LogP contribution in [0, 0.1) is 0 Å². The van der Waals surface area contributed by atoms with Crippen molar-refractivity contribution in [2.24, 2.45) is 0 Å². The molecule has 0 heterocycles. The molecular formula is C21H30N2O5. The second-order valence-corrected chi connectivity index (χ2v) is 7.67. The molecule has 1 atom stereocenters. The number of ether oxygens (including phenoxy) is 1. The molecule has 2 amide bonds. The van der Waals surface area contributed by atoms with Gasteiger partial charge in [-0.15, -0.1) is 0 Å². The second kappa shape index (κ2) is 11.2. The van der Waals surface area contributed by atoms with Gasteiger partial charge in [0.25, 0.3) is 0 Å². The summed E-state index contributed by atoms with van der Waals surface area (Å²) < 4.78 is 5.24. The molecule has 0 saturated carbocycles. The first-order chi connectivity index (χ1) is 13.1. The molecule has 0 aliphatic rings. The largest absolute Gasteiger partial charge is 0.444 e. The maximum Gasteiger partial charge on any atom is 0.408 e. The Bertz CT molecular complexity index is 680. The fourth-order valence-electron chi connectivity index (χ4n) is 2.40. The number of hydrogen-bond donors (Lipinski definition) is 2. The zero-order chi connectivity index (χ0) is 21.2. The summed E-state index contributed by atoms with van der Waals surface area (Å²) in [4.78, 5) is 47.3. The number of Topliss-reactive ketones (excluding diaryl/α,β-unsaturated/α-hetero) is 2. The highest BCUT2D eigenvalue weighted by atomic mass is 16.6. The van der Waals surface area contributed by atoms with Crippen LogP contribution in [0.1, 0.15) is 52.5 Å². The van der Waals surface area contributed by atoms with Crippen LogP contribution in [0.2, 0.25) is 0 Å². The number of alkyl carbamates (subject to hydrolysis) is 1. The molecule has 0 fully saturated rings. The van der Waals surface area contributed by atoms with Crippen molar-refractivity contribution in [3.8, 4) is 0 Å². The van der Waals surface area contributed by atoms with Crippen LogP contribution in [0.3, 0.4) is 0 Å². The van der Waals surface area contributed by atoms with Gasteiger partial charge in [0, 0.05) is 32.2 Å². The molecule has 1 aromatic carbocycles. The van der Waals surface area contributed by atoms with Gasteiger partial charge in [0.2, 0.25) is 5.91 Å². The number of benzene rings is 1. The molecule has 0 aliphatic carbocycles. The van der Waals surface area contributed by atoms with Gasteiger partial charge in [-0.05, 0) is 33.3 Å². The van der Waals surface area contributed by atoms with Crippen LogP contribution < -0.4 is 10.6 Å². The maximum atomic E-state index is 12.5. The quantitative estimate of drug-likeness (QED) is 0.639. The Hall–Kier alpha value is -2.70. The molecule has 1 aromatic rings. The fraction of sp³-hybridized carbons (Fsp3) is 0.524. The normalized spacial score (nSPS) is 12.0. The van der Waals surface area contributed by atoms with Gasteiger partial charge in [0.15, 0.2) is 0 Å². The summed E-state index contributed by atoms with van der Waals surface area (Å²) in [7, 11) is 0. The first kappa shape index (κ1) is 23.3. The first-order valence-corrected chi connectivity index (χ1v) is 9.39. The molecule has 0 bridgehead atoms. The number of ketones is 2. The van der Waals surface area contributed by atoms with Crippen LogP contribution in [-0.2, 0) is 25.5 Å². The molecule has 7 nitrogen and oxygen atoms in total. The number of carbonyl (C=O) groups is 4. The number of carbonyl (C=O) groups excluding carboxylic acids is 4. The van der Waals surface area contributed by atoms with Crippen LogP contribution >= 0.6 is 0 Å². The lowest BCUT2D eigenvalue weighted by Gasteiger charge is -2.23. The van der Waals surface area contributed by atoms with E-state index in [0.717, 1.165) is 5.56 Å². The van der Waals surface area contributed by atoms with E-state index in [1.54, 1.807) is 20.8 Å². The summed E-state index contributed by atoms with van der Waals surface area (Å²) in [6, 6.07) is 8.47. The van der Waals surface area contributed by atoms with Crippen molar-refractivity contribution in [3.63, 3.8) is 0 Å². The molecular weight excluding hydrogens is 360 g/mol. The van der Waals surface area contributed by atoms with E-state index in [4.69, 9.17) is 4.74 Å². The van der Waals surface area contributed by atoms with Crippen molar-refractivity contribution in [1.82, 2.24) is 10.6 Å². The number of amides is 2. The smallest absolute Gasteiger partial charge is 0.408 e. The SMILES string of the molecule is CC(=O)CCC(=O)CCNC(=O)[C@H](Cc1ccccc1)NC(=O)OC(C)(C)C. The summed E-state index contributed by atoms with van der Waals surface area (Å²) in [5.41, 5.74) is 0.206. The van der Waals surface area contributed by atoms with Gasteiger partial charge in [-0.2, -0.15) is 0 Å². The van der Waals surface area contributed by atoms with Gasteiger partial charge in [0.1, 0.15) is 23.2 Å². The van der Waals surface area contributed by atoms with Gasteiger partial charge in [-0.3, -0.25) is 9.59 Å². The topological polar surface area (TPSA) is 102 Å². The van der Waals surface area contributed by atoms with Crippen molar-refractivity contribution < 1.29 is 23.9 Å². The Morgan fingerprint density at radius 2 is 1.64 bits per heavy atom. The number of rotatable bonds is 10. The highest BCUT2D eigenvalue weighted by molar-refractivity contribution is 5.87. The summed E-state index contributed by atoms with van der Waals surface area (Å²) in [5, 5.41) is 5.27. The zero-order valence-corrected chi connectivity index (χ0v) is 17.0. The zero-order valence-electron chi connectivity index (χ0n) is 17.0. The lowest BCUT2D eigenvalue weighted by Crippen LogP contribution is -2.49. The van der Waals surface area contributed by atoms with Gasteiger partial charge < -0.3 is 20.2 Å². The van der Waals surface area contributed by atoms with Gasteiger partial charge in [-0.1, -0.05) is 30.3 Å². The van der Waals surface area contributed by atoms with E-state index in [0.29, 0.717) is 6.42 Å². The average Bonchev–Trinajstić information content (AvgIpc) is 2.58. The van der Waals surface area contributed by atoms with E-state index in [9.17, 15) is 19.2 Å². The molecule has 0 saturated heterocycles. The van der Waals surface area contributed by atoms with Crippen molar-refractivity contribution >= 4 is 23.6 Å². The highest BCUT2D eigenvalue weighted by Gasteiger charge is 2.24.